The summed E-state index contributed by atoms with van der Waals surface area (Å²) in [6, 6.07) is 7.90. The number of carboxylic acids is 2. The number of aliphatic carboxylic acids is 2. The number of Topliss-reactive ketones (excluding diaryl/α,β-unsaturated/α-hetero) is 2. The molecule has 1 aromatic heterocycles. The number of carboxylic acid groups (broad SMARTS) is 2. The molecule has 2 heterocycles. The molecular weight excluding hydrogens is 522 g/mol. The molecule has 2 aromatic carbocycles. The van der Waals surface area contributed by atoms with Crippen molar-refractivity contribution in [1.29, 1.82) is 0 Å². The number of nitrogens with zero attached hydrogens (tertiary/aromatic N) is 1. The van der Waals surface area contributed by atoms with Crippen molar-refractivity contribution < 1.29 is 43.3 Å². The maximum atomic E-state index is 12.2. The molecular formula is C26H22ClNO10. The molecule has 2 fully saturated rings. The molecule has 2 aliphatic carbocycles. The Bertz CT molecular complexity index is 1550. The molecule has 2 saturated carbocycles. The van der Waals surface area contributed by atoms with E-state index in [9.17, 15) is 24.0 Å². The quantitative estimate of drug-likeness (QED) is 0.442. The van der Waals surface area contributed by atoms with E-state index in [1.54, 1.807) is 18.2 Å². The van der Waals surface area contributed by atoms with Gasteiger partial charge in [0.1, 0.15) is 13.2 Å². The third-order valence-corrected chi connectivity index (χ3v) is 7.13. The Morgan fingerprint density at radius 1 is 0.842 bits per heavy atom. The van der Waals surface area contributed by atoms with Crippen LogP contribution in [0.1, 0.15) is 33.6 Å². The van der Waals surface area contributed by atoms with Gasteiger partial charge in [0.15, 0.2) is 28.6 Å². The van der Waals surface area contributed by atoms with E-state index in [-0.39, 0.29) is 28.1 Å². The maximum Gasteiger partial charge on any atom is 0.419 e. The number of halogens is 1. The number of carbonyl (C=O) groups is 4. The van der Waals surface area contributed by atoms with Crippen LogP contribution in [0.5, 0.6) is 11.5 Å². The summed E-state index contributed by atoms with van der Waals surface area (Å²) in [7, 11) is 1.51. The number of oxazole rings is 1. The first kappa shape index (κ1) is 25.5. The number of rotatable bonds is 6. The number of aromatic nitrogens is 1. The smallest absolute Gasteiger partial charge is 0.419 e. The van der Waals surface area contributed by atoms with Crippen LogP contribution in [-0.4, -0.2) is 51.5 Å². The Morgan fingerprint density at radius 3 is 2.00 bits per heavy atom. The van der Waals surface area contributed by atoms with Crippen molar-refractivity contribution in [3.8, 4) is 11.5 Å². The van der Waals surface area contributed by atoms with Gasteiger partial charge < -0.3 is 24.1 Å². The van der Waals surface area contributed by atoms with E-state index in [1.165, 1.54) is 23.7 Å². The Balaban J connectivity index is 0.000000156. The molecule has 38 heavy (non-hydrogen) atoms. The van der Waals surface area contributed by atoms with Crippen LogP contribution < -0.4 is 15.2 Å². The van der Waals surface area contributed by atoms with E-state index < -0.39 is 35.4 Å². The Morgan fingerprint density at radius 2 is 1.42 bits per heavy atom. The van der Waals surface area contributed by atoms with Crippen LogP contribution in [0.2, 0.25) is 5.02 Å². The fourth-order valence-electron chi connectivity index (χ4n) is 4.47. The van der Waals surface area contributed by atoms with E-state index >= 15 is 0 Å². The SMILES string of the molecule is Cn1c(=O)oc2c(Cl)cc(C(=O)[C@H]3C[C@@H]3C(=O)O)cc21.O=C(O)[C@H]1C[C@@H]1C(=O)c1ccc2c(c1)OCCO2. The lowest BCUT2D eigenvalue weighted by molar-refractivity contribution is -0.139. The van der Waals surface area contributed by atoms with Gasteiger partial charge in [0.25, 0.3) is 0 Å². The number of ether oxygens (including phenoxy) is 2. The molecule has 0 spiro atoms. The van der Waals surface area contributed by atoms with Crippen molar-refractivity contribution >= 4 is 46.2 Å². The van der Waals surface area contributed by atoms with Crippen LogP contribution in [0.4, 0.5) is 0 Å². The monoisotopic (exact) mass is 543 g/mol. The second-order valence-electron chi connectivity index (χ2n) is 9.39. The number of fused-ring (bicyclic) bond motifs is 2. The lowest BCUT2D eigenvalue weighted by Crippen LogP contribution is -2.16. The van der Waals surface area contributed by atoms with Crippen molar-refractivity contribution in [2.24, 2.45) is 30.7 Å². The van der Waals surface area contributed by atoms with Crippen molar-refractivity contribution in [3.63, 3.8) is 0 Å². The molecule has 198 valence electrons. The number of aryl methyl sites for hydroxylation is 1. The van der Waals surface area contributed by atoms with Crippen molar-refractivity contribution in [3.05, 3.63) is 57.0 Å². The van der Waals surface area contributed by atoms with Crippen LogP contribution in [0.25, 0.3) is 11.1 Å². The minimum absolute atomic E-state index is 0.126. The Hall–Kier alpha value is -4.12. The summed E-state index contributed by atoms with van der Waals surface area (Å²) in [5, 5.41) is 17.8. The fraction of sp³-hybridized carbons (Fsp3) is 0.346. The van der Waals surface area contributed by atoms with Crippen molar-refractivity contribution in [2.45, 2.75) is 12.8 Å². The number of hydrogen-bond donors (Lipinski definition) is 2. The van der Waals surface area contributed by atoms with Gasteiger partial charge in [-0.3, -0.25) is 23.7 Å². The van der Waals surface area contributed by atoms with Crippen LogP contribution in [0.3, 0.4) is 0 Å². The highest BCUT2D eigenvalue weighted by Gasteiger charge is 2.49. The minimum Gasteiger partial charge on any atom is -0.486 e. The number of carbonyl (C=O) groups excluding carboxylic acids is 2. The summed E-state index contributed by atoms with van der Waals surface area (Å²) in [5.74, 6) is -3.68. The van der Waals surface area contributed by atoms with Crippen LogP contribution in [0.15, 0.2) is 39.5 Å². The second kappa shape index (κ2) is 9.64. The zero-order valence-corrected chi connectivity index (χ0v) is 20.8. The topological polar surface area (TPSA) is 162 Å². The normalized spacial score (nSPS) is 22.7. The standard InChI is InChI=1S/C13H10ClNO5.C13H12O5/c1-15-9-3-5(2-8(14)11(9)20-13(15)19)10(16)6-4-7(6)12(17)18;14-12(8-6-9(8)13(15)16)7-1-2-10-11(5-7)18-4-3-17-10/h2-3,6-7H,4H2,1H3,(H,17,18);1-2,5,8-9H,3-4,6H2,(H,15,16)/t6-,7-;8-,9-/m00/s1. The van der Waals surface area contributed by atoms with Gasteiger partial charge in [-0.15, -0.1) is 0 Å². The number of ketones is 2. The average molecular weight is 544 g/mol. The third-order valence-electron chi connectivity index (χ3n) is 6.85. The first-order valence-electron chi connectivity index (χ1n) is 11.8. The molecule has 0 amide bonds. The van der Waals surface area contributed by atoms with Crippen LogP contribution in [-0.2, 0) is 16.6 Å². The molecule has 11 nitrogen and oxygen atoms in total. The summed E-state index contributed by atoms with van der Waals surface area (Å²) in [6.07, 6.45) is 0.775. The van der Waals surface area contributed by atoms with Gasteiger partial charge in [0.2, 0.25) is 0 Å². The molecule has 1 aliphatic heterocycles. The van der Waals surface area contributed by atoms with E-state index in [0.717, 1.165) is 0 Å². The van der Waals surface area contributed by atoms with E-state index in [2.05, 4.69) is 0 Å². The predicted molar refractivity (Wildman–Crippen MR) is 131 cm³/mol. The summed E-state index contributed by atoms with van der Waals surface area (Å²) in [5.41, 5.74) is 1.43. The molecule has 0 bridgehead atoms. The Labute approximate surface area is 219 Å². The number of hydrogen-bond acceptors (Lipinski definition) is 8. The average Bonchev–Trinajstić information content (AvgIpc) is 3.81. The lowest BCUT2D eigenvalue weighted by Gasteiger charge is -2.18. The fourth-order valence-corrected chi connectivity index (χ4v) is 4.72. The highest BCUT2D eigenvalue weighted by atomic mass is 35.5. The molecule has 0 unspecified atom stereocenters. The molecule has 3 aromatic rings. The highest BCUT2D eigenvalue weighted by molar-refractivity contribution is 6.35. The van der Waals surface area contributed by atoms with Crippen LogP contribution in [0, 0.1) is 23.7 Å². The number of benzene rings is 2. The lowest BCUT2D eigenvalue weighted by atomic mass is 10.1. The molecule has 3 aliphatic rings. The summed E-state index contributed by atoms with van der Waals surface area (Å²) in [4.78, 5) is 57.2. The summed E-state index contributed by atoms with van der Waals surface area (Å²) < 4.78 is 17.0. The Kier molecular flexibility index (Phi) is 6.47. The molecule has 0 radical (unpaired) electrons. The summed E-state index contributed by atoms with van der Waals surface area (Å²) in [6.45, 7) is 0.968. The van der Waals surface area contributed by atoms with E-state index in [4.69, 9.17) is 35.7 Å². The first-order chi connectivity index (χ1) is 18.1. The molecule has 12 heteroatoms. The molecule has 0 saturated heterocycles. The van der Waals surface area contributed by atoms with Gasteiger partial charge in [-0.2, -0.15) is 0 Å². The molecule has 4 atom stereocenters. The van der Waals surface area contributed by atoms with Gasteiger partial charge in [-0.1, -0.05) is 11.6 Å². The van der Waals surface area contributed by atoms with Gasteiger partial charge in [-0.05, 0) is 43.2 Å². The van der Waals surface area contributed by atoms with Crippen molar-refractivity contribution in [2.75, 3.05) is 13.2 Å². The van der Waals surface area contributed by atoms with E-state index in [0.29, 0.717) is 54.2 Å². The first-order valence-corrected chi connectivity index (χ1v) is 12.2. The van der Waals surface area contributed by atoms with Gasteiger partial charge in [0, 0.05) is 30.0 Å². The third kappa shape index (κ3) is 4.76. The zero-order chi connectivity index (χ0) is 27.3. The summed E-state index contributed by atoms with van der Waals surface area (Å²) >= 11 is 6.00. The van der Waals surface area contributed by atoms with E-state index in [1.807, 2.05) is 0 Å². The van der Waals surface area contributed by atoms with Gasteiger partial charge in [-0.25, -0.2) is 4.79 Å². The van der Waals surface area contributed by atoms with Gasteiger partial charge >= 0.3 is 17.7 Å². The highest BCUT2D eigenvalue weighted by Crippen LogP contribution is 2.43. The zero-order valence-electron chi connectivity index (χ0n) is 20.0. The molecule has 2 N–H and O–H groups in total. The van der Waals surface area contributed by atoms with Crippen molar-refractivity contribution in [1.82, 2.24) is 4.57 Å². The van der Waals surface area contributed by atoms with Crippen LogP contribution >= 0.6 is 11.6 Å². The second-order valence-corrected chi connectivity index (χ2v) is 9.80. The minimum atomic E-state index is -0.966. The van der Waals surface area contributed by atoms with Gasteiger partial charge in [0.05, 0.1) is 22.4 Å². The molecule has 6 rings (SSSR count). The maximum absolute atomic E-state index is 12.2. The predicted octanol–water partition coefficient (Wildman–Crippen LogP) is 3.05. The largest absolute Gasteiger partial charge is 0.486 e.